The van der Waals surface area contributed by atoms with Crippen LogP contribution in [0.25, 0.3) is 0 Å². The van der Waals surface area contributed by atoms with Crippen molar-refractivity contribution >= 4 is 23.4 Å². The van der Waals surface area contributed by atoms with Crippen molar-refractivity contribution in [3.63, 3.8) is 0 Å². The number of carbonyl (C=O) groups is 2. The van der Waals surface area contributed by atoms with Crippen molar-refractivity contribution in [1.29, 1.82) is 0 Å². The molecule has 4 nitrogen and oxygen atoms in total. The molecule has 1 saturated heterocycles. The summed E-state index contributed by atoms with van der Waals surface area (Å²) in [5, 5.41) is 3.27. The van der Waals surface area contributed by atoms with Crippen molar-refractivity contribution in [2.75, 3.05) is 13.1 Å². The van der Waals surface area contributed by atoms with Gasteiger partial charge in [-0.2, -0.15) is 0 Å². The van der Waals surface area contributed by atoms with Gasteiger partial charge in [-0.3, -0.25) is 9.59 Å². The smallest absolute Gasteiger partial charge is 0.247 e. The molecule has 0 radical (unpaired) electrons. The van der Waals surface area contributed by atoms with Crippen molar-refractivity contribution in [1.82, 2.24) is 10.2 Å². The lowest BCUT2D eigenvalue weighted by Crippen LogP contribution is -2.52. The molecule has 1 N–H and O–H groups in total. The molecular weight excluding hydrogens is 331 g/mol. The molecule has 1 atom stereocenters. The Labute approximate surface area is 144 Å². The molecule has 1 aliphatic heterocycles. The summed E-state index contributed by atoms with van der Waals surface area (Å²) in [5.41, 5.74) is 1.30. The van der Waals surface area contributed by atoms with Crippen molar-refractivity contribution < 1.29 is 14.0 Å². The van der Waals surface area contributed by atoms with Gasteiger partial charge in [0.05, 0.1) is 6.42 Å². The third kappa shape index (κ3) is 3.41. The fraction of sp³-hybridized carbons (Fsp3) is 0.222. The Kier molecular flexibility index (Phi) is 4.81. The largest absolute Gasteiger partial charge is 0.352 e. The quantitative estimate of drug-likeness (QED) is 0.929. The van der Waals surface area contributed by atoms with E-state index in [2.05, 4.69) is 5.32 Å². The van der Waals surface area contributed by atoms with Crippen molar-refractivity contribution in [3.8, 4) is 0 Å². The van der Waals surface area contributed by atoms with Gasteiger partial charge in [0.1, 0.15) is 11.9 Å². The van der Waals surface area contributed by atoms with Crippen LogP contribution in [0.1, 0.15) is 17.2 Å². The zero-order valence-corrected chi connectivity index (χ0v) is 13.6. The molecule has 2 aromatic carbocycles. The summed E-state index contributed by atoms with van der Waals surface area (Å²) in [4.78, 5) is 26.5. The number of halogens is 2. The number of nitrogens with one attached hydrogen (secondary N) is 1. The lowest BCUT2D eigenvalue weighted by Gasteiger charge is -2.35. The summed E-state index contributed by atoms with van der Waals surface area (Å²) in [6.45, 7) is 0.794. The number of benzene rings is 2. The summed E-state index contributed by atoms with van der Waals surface area (Å²) in [7, 11) is 0. The third-order valence-electron chi connectivity index (χ3n) is 4.02. The molecule has 3 rings (SSSR count). The predicted octanol–water partition coefficient (Wildman–Crippen LogP) is 2.72. The summed E-state index contributed by atoms with van der Waals surface area (Å²) in [5.74, 6) is -0.837. The van der Waals surface area contributed by atoms with E-state index in [9.17, 15) is 14.0 Å². The highest BCUT2D eigenvalue weighted by Crippen LogP contribution is 2.25. The summed E-state index contributed by atoms with van der Waals surface area (Å²) in [6, 6.07) is 12.0. The lowest BCUT2D eigenvalue weighted by atomic mass is 10.0. The van der Waals surface area contributed by atoms with Gasteiger partial charge in [-0.05, 0) is 29.3 Å². The average Bonchev–Trinajstić information content (AvgIpc) is 2.58. The number of nitrogens with zero attached hydrogens (tertiary/aromatic N) is 1. The van der Waals surface area contributed by atoms with E-state index in [1.54, 1.807) is 18.2 Å². The van der Waals surface area contributed by atoms with Crippen LogP contribution in [0.3, 0.4) is 0 Å². The first-order valence-electron chi connectivity index (χ1n) is 7.62. The van der Waals surface area contributed by atoms with Gasteiger partial charge < -0.3 is 10.2 Å². The van der Waals surface area contributed by atoms with Crippen LogP contribution in [0.15, 0.2) is 48.5 Å². The number of hydrogen-bond acceptors (Lipinski definition) is 2. The van der Waals surface area contributed by atoms with Crippen LogP contribution in [-0.2, 0) is 16.0 Å². The van der Waals surface area contributed by atoms with Gasteiger partial charge in [0.15, 0.2) is 0 Å². The Hall–Kier alpha value is -2.40. The molecule has 1 fully saturated rings. The van der Waals surface area contributed by atoms with Crippen LogP contribution in [0, 0.1) is 5.82 Å². The Balaban J connectivity index is 1.86. The third-order valence-corrected chi connectivity index (χ3v) is 4.39. The Morgan fingerprint density at radius 3 is 2.62 bits per heavy atom. The van der Waals surface area contributed by atoms with E-state index < -0.39 is 6.04 Å². The first-order chi connectivity index (χ1) is 11.6. The van der Waals surface area contributed by atoms with Crippen molar-refractivity contribution in [2.24, 2.45) is 0 Å². The molecule has 2 amide bonds. The summed E-state index contributed by atoms with van der Waals surface area (Å²) >= 11 is 6.12. The normalized spacial score (nSPS) is 17.5. The van der Waals surface area contributed by atoms with Gasteiger partial charge in [-0.15, -0.1) is 0 Å². The molecule has 0 aromatic heterocycles. The van der Waals surface area contributed by atoms with E-state index in [1.165, 1.54) is 29.2 Å². The fourth-order valence-electron chi connectivity index (χ4n) is 2.82. The molecule has 1 unspecified atom stereocenters. The molecule has 1 aliphatic rings. The minimum absolute atomic E-state index is 0.116. The molecule has 24 heavy (non-hydrogen) atoms. The van der Waals surface area contributed by atoms with Gasteiger partial charge in [-0.25, -0.2) is 4.39 Å². The van der Waals surface area contributed by atoms with E-state index in [-0.39, 0.29) is 24.1 Å². The number of piperazine rings is 1. The Morgan fingerprint density at radius 2 is 1.92 bits per heavy atom. The molecule has 0 aliphatic carbocycles. The van der Waals surface area contributed by atoms with Crippen molar-refractivity contribution in [3.05, 3.63) is 70.5 Å². The molecular formula is C18H16ClFN2O2. The van der Waals surface area contributed by atoms with E-state index in [1.807, 2.05) is 6.07 Å². The van der Waals surface area contributed by atoms with Crippen LogP contribution in [0.2, 0.25) is 5.02 Å². The highest BCUT2D eigenvalue weighted by molar-refractivity contribution is 6.31. The second-order valence-electron chi connectivity index (χ2n) is 5.60. The first-order valence-corrected chi connectivity index (χ1v) is 8.00. The van der Waals surface area contributed by atoms with Gasteiger partial charge >= 0.3 is 0 Å². The van der Waals surface area contributed by atoms with Gasteiger partial charge in [0.2, 0.25) is 11.8 Å². The summed E-state index contributed by atoms with van der Waals surface area (Å²) in [6.07, 6.45) is 0.116. The Morgan fingerprint density at radius 1 is 1.21 bits per heavy atom. The second-order valence-corrected chi connectivity index (χ2v) is 6.01. The van der Waals surface area contributed by atoms with Gasteiger partial charge in [0.25, 0.3) is 0 Å². The Bertz CT molecular complexity index is 764. The van der Waals surface area contributed by atoms with E-state index in [4.69, 9.17) is 11.6 Å². The highest BCUT2D eigenvalue weighted by atomic mass is 35.5. The van der Waals surface area contributed by atoms with E-state index in [0.29, 0.717) is 29.2 Å². The fourth-order valence-corrected chi connectivity index (χ4v) is 3.02. The molecule has 0 spiro atoms. The molecule has 124 valence electrons. The minimum Gasteiger partial charge on any atom is -0.352 e. The number of carbonyl (C=O) groups excluding carboxylic acids is 2. The molecule has 2 aromatic rings. The first kappa shape index (κ1) is 16.5. The second kappa shape index (κ2) is 7.01. The van der Waals surface area contributed by atoms with Crippen LogP contribution in [-0.4, -0.2) is 29.8 Å². The lowest BCUT2D eigenvalue weighted by molar-refractivity contribution is -0.143. The maximum atomic E-state index is 13.1. The highest BCUT2D eigenvalue weighted by Gasteiger charge is 2.34. The van der Waals surface area contributed by atoms with Gasteiger partial charge in [0, 0.05) is 18.1 Å². The zero-order chi connectivity index (χ0) is 17.1. The van der Waals surface area contributed by atoms with Crippen LogP contribution in [0.5, 0.6) is 0 Å². The number of amides is 2. The van der Waals surface area contributed by atoms with Gasteiger partial charge in [-0.1, -0.05) is 41.9 Å². The standard InChI is InChI=1S/C18H16ClFN2O2/c19-15-4-2-1-3-13(15)11-16(23)22-10-9-21-18(24)17(22)12-5-7-14(20)8-6-12/h1-8,17H,9-11H2,(H,21,24). The molecule has 0 bridgehead atoms. The molecule has 6 heteroatoms. The monoisotopic (exact) mass is 346 g/mol. The van der Waals surface area contributed by atoms with Crippen LogP contribution in [0.4, 0.5) is 4.39 Å². The van der Waals surface area contributed by atoms with Crippen molar-refractivity contribution in [2.45, 2.75) is 12.5 Å². The number of hydrogen-bond donors (Lipinski definition) is 1. The van der Waals surface area contributed by atoms with E-state index in [0.717, 1.165) is 0 Å². The molecule has 0 saturated carbocycles. The zero-order valence-electron chi connectivity index (χ0n) is 12.8. The summed E-state index contributed by atoms with van der Waals surface area (Å²) < 4.78 is 13.1. The van der Waals surface area contributed by atoms with E-state index >= 15 is 0 Å². The number of rotatable bonds is 3. The van der Waals surface area contributed by atoms with Crippen LogP contribution < -0.4 is 5.32 Å². The SMILES string of the molecule is O=C1NCCN(C(=O)Cc2ccccc2Cl)C1c1ccc(F)cc1. The maximum Gasteiger partial charge on any atom is 0.247 e. The predicted molar refractivity (Wildman–Crippen MR) is 89.0 cm³/mol. The minimum atomic E-state index is -0.755. The topological polar surface area (TPSA) is 49.4 Å². The maximum absolute atomic E-state index is 13.1. The molecule has 1 heterocycles. The average molecular weight is 347 g/mol. The van der Waals surface area contributed by atoms with Crippen LogP contribution >= 0.6 is 11.6 Å².